The van der Waals surface area contributed by atoms with Crippen LogP contribution >= 0.6 is 0 Å². The number of likely N-dealkylation sites (tertiary alicyclic amines) is 1. The molecule has 25 heavy (non-hydrogen) atoms. The average molecular weight is 345 g/mol. The lowest BCUT2D eigenvalue weighted by Gasteiger charge is -2.34. The zero-order valence-corrected chi connectivity index (χ0v) is 15.4. The second-order valence-corrected chi connectivity index (χ2v) is 6.43. The highest BCUT2D eigenvalue weighted by Crippen LogP contribution is 2.20. The molecule has 6 heteroatoms. The van der Waals surface area contributed by atoms with Crippen molar-refractivity contribution in [1.82, 2.24) is 15.5 Å². The number of nitrogens with one attached hydrogen (secondary N) is 3. The summed E-state index contributed by atoms with van der Waals surface area (Å²) in [4.78, 5) is 18.2. The van der Waals surface area contributed by atoms with Crippen LogP contribution in [0.4, 0.5) is 5.69 Å². The molecule has 1 aliphatic rings. The summed E-state index contributed by atoms with van der Waals surface area (Å²) in [6.45, 7) is 3.75. The Bertz CT molecular complexity index is 538. The van der Waals surface area contributed by atoms with Crippen molar-refractivity contribution in [1.29, 1.82) is 0 Å². The standard InChI is InChI=1S/C19H31N5O/c1-20-18(25)15-16-9-13-24(14-10-16)19(21-2)23-12-6-11-22-17-7-4-3-5-8-17/h3-5,7-8,16,22H,6,9-15H2,1-2H3,(H,20,25)(H,21,23). The van der Waals surface area contributed by atoms with E-state index < -0.39 is 0 Å². The third kappa shape index (κ3) is 6.64. The Balaban J connectivity index is 1.63. The van der Waals surface area contributed by atoms with Gasteiger partial charge in [0.1, 0.15) is 0 Å². The predicted octanol–water partition coefficient (Wildman–Crippen LogP) is 1.91. The molecule has 1 fully saturated rings. The Hall–Kier alpha value is -2.24. The number of carbonyl (C=O) groups excluding carboxylic acids is 1. The molecule has 1 heterocycles. The third-order valence-electron chi connectivity index (χ3n) is 4.62. The lowest BCUT2D eigenvalue weighted by Crippen LogP contribution is -2.46. The number of anilines is 1. The maximum atomic E-state index is 11.5. The first-order valence-corrected chi connectivity index (χ1v) is 9.18. The van der Waals surface area contributed by atoms with Gasteiger partial charge in [-0.05, 0) is 37.3 Å². The average Bonchev–Trinajstić information content (AvgIpc) is 2.66. The Morgan fingerprint density at radius 3 is 2.56 bits per heavy atom. The van der Waals surface area contributed by atoms with Crippen LogP contribution in [0.5, 0.6) is 0 Å². The van der Waals surface area contributed by atoms with Crippen molar-refractivity contribution in [3.8, 4) is 0 Å². The first kappa shape index (κ1) is 19.1. The van der Waals surface area contributed by atoms with E-state index in [4.69, 9.17) is 0 Å². The van der Waals surface area contributed by atoms with Gasteiger partial charge < -0.3 is 20.9 Å². The van der Waals surface area contributed by atoms with Gasteiger partial charge in [0.25, 0.3) is 0 Å². The van der Waals surface area contributed by atoms with Crippen LogP contribution in [0.1, 0.15) is 25.7 Å². The van der Waals surface area contributed by atoms with Crippen molar-refractivity contribution in [3.05, 3.63) is 30.3 Å². The second-order valence-electron chi connectivity index (χ2n) is 6.43. The maximum Gasteiger partial charge on any atom is 0.220 e. The fraction of sp³-hybridized carbons (Fsp3) is 0.579. The van der Waals surface area contributed by atoms with E-state index >= 15 is 0 Å². The predicted molar refractivity (Wildman–Crippen MR) is 104 cm³/mol. The molecule has 3 N–H and O–H groups in total. The van der Waals surface area contributed by atoms with Gasteiger partial charge in [-0.25, -0.2) is 0 Å². The van der Waals surface area contributed by atoms with Crippen LogP contribution in [0.25, 0.3) is 0 Å². The van der Waals surface area contributed by atoms with E-state index in [0.29, 0.717) is 12.3 Å². The van der Waals surface area contributed by atoms with Crippen molar-refractivity contribution in [2.75, 3.05) is 45.6 Å². The van der Waals surface area contributed by atoms with Gasteiger partial charge in [0.15, 0.2) is 5.96 Å². The van der Waals surface area contributed by atoms with Crippen molar-refractivity contribution >= 4 is 17.6 Å². The Morgan fingerprint density at radius 2 is 1.92 bits per heavy atom. The molecule has 0 saturated carbocycles. The summed E-state index contributed by atoms with van der Waals surface area (Å²) in [5.41, 5.74) is 1.16. The van der Waals surface area contributed by atoms with E-state index in [2.05, 4.69) is 38.0 Å². The fourth-order valence-corrected chi connectivity index (χ4v) is 3.12. The van der Waals surface area contributed by atoms with Crippen LogP contribution in [0.3, 0.4) is 0 Å². The number of hydrogen-bond acceptors (Lipinski definition) is 3. The smallest absolute Gasteiger partial charge is 0.220 e. The van der Waals surface area contributed by atoms with E-state index in [1.165, 1.54) is 0 Å². The van der Waals surface area contributed by atoms with E-state index in [-0.39, 0.29) is 5.91 Å². The number of para-hydroxylation sites is 1. The summed E-state index contributed by atoms with van der Waals surface area (Å²) in [6, 6.07) is 10.3. The molecule has 138 valence electrons. The van der Waals surface area contributed by atoms with Gasteiger partial charge in [-0.1, -0.05) is 18.2 Å². The Morgan fingerprint density at radius 1 is 1.20 bits per heavy atom. The summed E-state index contributed by atoms with van der Waals surface area (Å²) in [5, 5.41) is 9.58. The molecular formula is C19H31N5O. The fourth-order valence-electron chi connectivity index (χ4n) is 3.12. The minimum absolute atomic E-state index is 0.145. The molecule has 1 amide bonds. The van der Waals surface area contributed by atoms with Gasteiger partial charge in [-0.15, -0.1) is 0 Å². The summed E-state index contributed by atoms with van der Waals surface area (Å²) in [7, 11) is 3.54. The van der Waals surface area contributed by atoms with Crippen molar-refractivity contribution < 1.29 is 4.79 Å². The molecule has 1 saturated heterocycles. The second kappa shape index (κ2) is 10.6. The van der Waals surface area contributed by atoms with Gasteiger partial charge in [0, 0.05) is 52.4 Å². The molecular weight excluding hydrogens is 314 g/mol. The molecule has 0 unspecified atom stereocenters. The summed E-state index contributed by atoms with van der Waals surface area (Å²) in [6.07, 6.45) is 3.76. The molecule has 0 bridgehead atoms. The summed E-state index contributed by atoms with van der Waals surface area (Å²) >= 11 is 0. The van der Waals surface area contributed by atoms with Crippen LogP contribution in [-0.2, 0) is 4.79 Å². The number of nitrogens with zero attached hydrogens (tertiary/aromatic N) is 2. The number of amides is 1. The molecule has 2 rings (SSSR count). The molecule has 1 aliphatic heterocycles. The lowest BCUT2D eigenvalue weighted by molar-refractivity contribution is -0.121. The zero-order chi connectivity index (χ0) is 17.9. The maximum absolute atomic E-state index is 11.5. The van der Waals surface area contributed by atoms with Crippen molar-refractivity contribution in [2.24, 2.45) is 10.9 Å². The minimum atomic E-state index is 0.145. The highest BCUT2D eigenvalue weighted by Gasteiger charge is 2.22. The van der Waals surface area contributed by atoms with Crippen LogP contribution in [0, 0.1) is 5.92 Å². The lowest BCUT2D eigenvalue weighted by atomic mass is 9.93. The molecule has 0 atom stereocenters. The summed E-state index contributed by atoms with van der Waals surface area (Å²) < 4.78 is 0. The molecule has 1 aromatic rings. The highest BCUT2D eigenvalue weighted by molar-refractivity contribution is 5.80. The van der Waals surface area contributed by atoms with Crippen LogP contribution in [-0.4, -0.2) is 57.0 Å². The number of carbonyl (C=O) groups is 1. The Kier molecular flexibility index (Phi) is 8.09. The number of aliphatic imine (C=N–C) groups is 1. The number of benzene rings is 1. The molecule has 0 aliphatic carbocycles. The van der Waals surface area contributed by atoms with E-state index in [0.717, 1.165) is 57.1 Å². The molecule has 1 aromatic carbocycles. The number of rotatable bonds is 7. The van der Waals surface area contributed by atoms with Crippen molar-refractivity contribution in [2.45, 2.75) is 25.7 Å². The monoisotopic (exact) mass is 345 g/mol. The largest absolute Gasteiger partial charge is 0.385 e. The SMILES string of the molecule is CN=C(NCCCNc1ccccc1)N1CCC(CC(=O)NC)CC1. The highest BCUT2D eigenvalue weighted by atomic mass is 16.1. The number of guanidine groups is 1. The van der Waals surface area contributed by atoms with Crippen LogP contribution in [0.2, 0.25) is 0 Å². The molecule has 0 aromatic heterocycles. The van der Waals surface area contributed by atoms with Gasteiger partial charge in [0.05, 0.1) is 0 Å². The normalized spacial score (nSPS) is 15.8. The number of hydrogen-bond donors (Lipinski definition) is 3. The van der Waals surface area contributed by atoms with Gasteiger partial charge >= 0.3 is 0 Å². The van der Waals surface area contributed by atoms with Gasteiger partial charge in [-0.3, -0.25) is 9.79 Å². The first-order chi connectivity index (χ1) is 12.2. The zero-order valence-electron chi connectivity index (χ0n) is 15.4. The van der Waals surface area contributed by atoms with Crippen molar-refractivity contribution in [3.63, 3.8) is 0 Å². The van der Waals surface area contributed by atoms with E-state index in [1.54, 1.807) is 7.05 Å². The number of piperidine rings is 1. The van der Waals surface area contributed by atoms with E-state index in [1.807, 2.05) is 25.2 Å². The molecule has 0 radical (unpaired) electrons. The van der Waals surface area contributed by atoms with Gasteiger partial charge in [0.2, 0.25) is 5.91 Å². The van der Waals surface area contributed by atoms with Crippen LogP contribution in [0.15, 0.2) is 35.3 Å². The first-order valence-electron chi connectivity index (χ1n) is 9.18. The topological polar surface area (TPSA) is 68.8 Å². The summed E-state index contributed by atoms with van der Waals surface area (Å²) in [5.74, 6) is 1.61. The van der Waals surface area contributed by atoms with Crippen LogP contribution < -0.4 is 16.0 Å². The molecule has 0 spiro atoms. The molecule has 6 nitrogen and oxygen atoms in total. The minimum Gasteiger partial charge on any atom is -0.385 e. The third-order valence-corrected chi connectivity index (χ3v) is 4.62. The van der Waals surface area contributed by atoms with Gasteiger partial charge in [-0.2, -0.15) is 0 Å². The van der Waals surface area contributed by atoms with E-state index in [9.17, 15) is 4.79 Å². The Labute approximate surface area is 151 Å². The quantitative estimate of drug-likeness (QED) is 0.401.